The molecule has 0 aliphatic rings. The Bertz CT molecular complexity index is 396. The van der Waals surface area contributed by atoms with Crippen LogP contribution in [0.15, 0.2) is 18.2 Å². The third-order valence-electron chi connectivity index (χ3n) is 2.97. The van der Waals surface area contributed by atoms with E-state index in [-0.39, 0.29) is 5.56 Å². The minimum atomic E-state index is -0.453. The second-order valence-electron chi connectivity index (χ2n) is 4.47. The molecule has 0 spiro atoms. The number of hydrogen-bond donors (Lipinski definition) is 1. The van der Waals surface area contributed by atoms with Crippen LogP contribution in [-0.4, -0.2) is 6.54 Å². The van der Waals surface area contributed by atoms with Crippen LogP contribution in [0.3, 0.4) is 0 Å². The largest absolute Gasteiger partial charge is 0.384 e. The first-order chi connectivity index (χ1) is 8.79. The Morgan fingerprint density at radius 3 is 2.61 bits per heavy atom. The number of nitriles is 1. The van der Waals surface area contributed by atoms with Crippen molar-refractivity contribution in [3.63, 3.8) is 0 Å². The van der Waals surface area contributed by atoms with Gasteiger partial charge in [0.15, 0.2) is 0 Å². The smallest absolute Gasteiger partial charge is 0.143 e. The van der Waals surface area contributed by atoms with E-state index in [1.54, 1.807) is 12.1 Å². The third kappa shape index (κ3) is 4.75. The number of halogens is 1. The highest BCUT2D eigenvalue weighted by Gasteiger charge is 2.06. The molecule has 0 unspecified atom stereocenters. The Kier molecular flexibility index (Phi) is 6.86. The van der Waals surface area contributed by atoms with Crippen LogP contribution >= 0.6 is 0 Å². The molecule has 1 N–H and O–H groups in total. The van der Waals surface area contributed by atoms with Crippen molar-refractivity contribution in [2.24, 2.45) is 0 Å². The summed E-state index contributed by atoms with van der Waals surface area (Å²) in [5.41, 5.74) is 0.717. The maximum absolute atomic E-state index is 13.3. The van der Waals surface area contributed by atoms with E-state index in [1.807, 2.05) is 6.07 Å². The van der Waals surface area contributed by atoms with Crippen LogP contribution in [0.5, 0.6) is 0 Å². The number of benzene rings is 1. The molecule has 0 heterocycles. The predicted molar refractivity (Wildman–Crippen MR) is 73.0 cm³/mol. The highest BCUT2D eigenvalue weighted by molar-refractivity contribution is 5.57. The Balaban J connectivity index is 2.28. The van der Waals surface area contributed by atoms with Crippen LogP contribution in [0.2, 0.25) is 0 Å². The number of nitrogens with one attached hydrogen (secondary N) is 1. The molecule has 98 valence electrons. The molecule has 0 aromatic heterocycles. The van der Waals surface area contributed by atoms with Gasteiger partial charge < -0.3 is 5.32 Å². The van der Waals surface area contributed by atoms with E-state index in [0.717, 1.165) is 13.0 Å². The molecule has 0 saturated carbocycles. The summed E-state index contributed by atoms with van der Waals surface area (Å²) >= 11 is 0. The lowest BCUT2D eigenvalue weighted by Crippen LogP contribution is -2.04. The molecule has 18 heavy (non-hydrogen) atoms. The van der Waals surface area contributed by atoms with Crippen molar-refractivity contribution in [2.75, 3.05) is 11.9 Å². The highest BCUT2D eigenvalue weighted by Crippen LogP contribution is 2.17. The summed E-state index contributed by atoms with van der Waals surface area (Å²) in [6.07, 6.45) is 7.35. The van der Waals surface area contributed by atoms with E-state index in [4.69, 9.17) is 5.26 Å². The van der Waals surface area contributed by atoms with Gasteiger partial charge in [-0.05, 0) is 18.6 Å². The lowest BCUT2D eigenvalue weighted by Gasteiger charge is -2.08. The molecule has 0 bridgehead atoms. The van der Waals surface area contributed by atoms with Gasteiger partial charge in [0.1, 0.15) is 17.4 Å². The van der Waals surface area contributed by atoms with Crippen molar-refractivity contribution in [1.82, 2.24) is 0 Å². The van der Waals surface area contributed by atoms with Gasteiger partial charge in [-0.2, -0.15) is 5.26 Å². The van der Waals surface area contributed by atoms with Crippen molar-refractivity contribution in [2.45, 2.75) is 45.4 Å². The molecule has 1 aromatic carbocycles. The Morgan fingerprint density at radius 1 is 1.17 bits per heavy atom. The molecule has 0 aliphatic carbocycles. The number of rotatable bonds is 8. The van der Waals surface area contributed by atoms with Crippen molar-refractivity contribution in [3.8, 4) is 6.07 Å². The van der Waals surface area contributed by atoms with E-state index in [9.17, 15) is 4.39 Å². The molecule has 3 heteroatoms. The summed E-state index contributed by atoms with van der Waals surface area (Å²) in [4.78, 5) is 0. The van der Waals surface area contributed by atoms with Crippen molar-refractivity contribution in [3.05, 3.63) is 29.6 Å². The van der Waals surface area contributed by atoms with Gasteiger partial charge in [0.05, 0.1) is 5.69 Å². The molecular weight excluding hydrogens is 227 g/mol. The molecule has 1 rings (SSSR count). The van der Waals surface area contributed by atoms with E-state index in [2.05, 4.69) is 12.2 Å². The maximum Gasteiger partial charge on any atom is 0.143 e. The molecule has 1 aromatic rings. The molecule has 2 nitrogen and oxygen atoms in total. The fraction of sp³-hybridized carbons (Fsp3) is 0.533. The minimum Gasteiger partial charge on any atom is -0.384 e. The lowest BCUT2D eigenvalue weighted by atomic mass is 10.1. The summed E-state index contributed by atoms with van der Waals surface area (Å²) in [5, 5.41) is 12.0. The first-order valence-electron chi connectivity index (χ1n) is 6.72. The molecule has 0 radical (unpaired) electrons. The molecular formula is C15H21FN2. The van der Waals surface area contributed by atoms with E-state index >= 15 is 0 Å². The Labute approximate surface area is 109 Å². The minimum absolute atomic E-state index is 0.114. The van der Waals surface area contributed by atoms with Gasteiger partial charge in [-0.15, -0.1) is 0 Å². The molecule has 0 atom stereocenters. The normalized spacial score (nSPS) is 10.1. The topological polar surface area (TPSA) is 35.8 Å². The zero-order valence-corrected chi connectivity index (χ0v) is 11.0. The van der Waals surface area contributed by atoms with Gasteiger partial charge in [0, 0.05) is 6.54 Å². The maximum atomic E-state index is 13.3. The molecule has 0 saturated heterocycles. The summed E-state index contributed by atoms with van der Waals surface area (Å²) in [5.74, 6) is -0.453. The molecule has 0 amide bonds. The predicted octanol–water partition coefficient (Wildman–Crippen LogP) is 4.47. The summed E-state index contributed by atoms with van der Waals surface area (Å²) in [6.45, 7) is 3.00. The first-order valence-corrected chi connectivity index (χ1v) is 6.72. The second kappa shape index (κ2) is 8.52. The summed E-state index contributed by atoms with van der Waals surface area (Å²) in [7, 11) is 0. The fourth-order valence-electron chi connectivity index (χ4n) is 1.91. The van der Waals surface area contributed by atoms with E-state index in [1.165, 1.54) is 38.2 Å². The van der Waals surface area contributed by atoms with E-state index < -0.39 is 5.82 Å². The van der Waals surface area contributed by atoms with Crippen molar-refractivity contribution in [1.29, 1.82) is 5.26 Å². The monoisotopic (exact) mass is 248 g/mol. The zero-order valence-electron chi connectivity index (χ0n) is 11.0. The third-order valence-corrected chi connectivity index (χ3v) is 2.97. The number of hydrogen-bond acceptors (Lipinski definition) is 2. The van der Waals surface area contributed by atoms with Gasteiger partial charge >= 0.3 is 0 Å². The Hall–Kier alpha value is -1.56. The van der Waals surface area contributed by atoms with Gasteiger partial charge in [-0.25, -0.2) is 4.39 Å². The molecule has 0 aliphatic heterocycles. The van der Waals surface area contributed by atoms with Crippen molar-refractivity contribution < 1.29 is 4.39 Å². The van der Waals surface area contributed by atoms with Gasteiger partial charge in [0.25, 0.3) is 0 Å². The van der Waals surface area contributed by atoms with Gasteiger partial charge in [-0.1, -0.05) is 45.1 Å². The number of unbranched alkanes of at least 4 members (excludes halogenated alkanes) is 5. The van der Waals surface area contributed by atoms with Crippen LogP contribution in [0.25, 0.3) is 0 Å². The van der Waals surface area contributed by atoms with Crippen LogP contribution < -0.4 is 5.32 Å². The number of nitrogens with zero attached hydrogens (tertiary/aromatic N) is 1. The standard InChI is InChI=1S/C15H21FN2/c1-2-3-4-5-6-7-11-18-15-10-8-9-14(16)13(15)12-17/h8-10,18H,2-7,11H2,1H3. The van der Waals surface area contributed by atoms with Gasteiger partial charge in [-0.3, -0.25) is 0 Å². The second-order valence-corrected chi connectivity index (χ2v) is 4.47. The highest BCUT2D eigenvalue weighted by atomic mass is 19.1. The van der Waals surface area contributed by atoms with Crippen LogP contribution in [0.4, 0.5) is 10.1 Å². The fourth-order valence-corrected chi connectivity index (χ4v) is 1.91. The van der Waals surface area contributed by atoms with Crippen molar-refractivity contribution >= 4 is 5.69 Å². The van der Waals surface area contributed by atoms with Gasteiger partial charge in [0.2, 0.25) is 0 Å². The van der Waals surface area contributed by atoms with Crippen LogP contribution in [0.1, 0.15) is 51.0 Å². The van der Waals surface area contributed by atoms with E-state index in [0.29, 0.717) is 5.69 Å². The average Bonchev–Trinajstić information content (AvgIpc) is 2.38. The lowest BCUT2D eigenvalue weighted by molar-refractivity contribution is 0.615. The van der Waals surface area contributed by atoms with Crippen LogP contribution in [-0.2, 0) is 0 Å². The quantitative estimate of drug-likeness (QED) is 0.689. The SMILES string of the molecule is CCCCCCCCNc1cccc(F)c1C#N. The zero-order chi connectivity index (χ0) is 13.2. The Morgan fingerprint density at radius 2 is 1.89 bits per heavy atom. The first kappa shape index (κ1) is 14.5. The molecule has 0 fully saturated rings. The summed E-state index contributed by atoms with van der Waals surface area (Å²) < 4.78 is 13.3. The van der Waals surface area contributed by atoms with Crippen LogP contribution in [0, 0.1) is 17.1 Å². The average molecular weight is 248 g/mol. The summed E-state index contributed by atoms with van der Waals surface area (Å²) in [6, 6.07) is 6.58. The number of anilines is 1.